The number of aliphatic carboxylic acids is 1. The number of hydrogen-bond donors (Lipinski definition) is 1. The van der Waals surface area contributed by atoms with Gasteiger partial charge in [-0.15, -0.1) is 0 Å². The monoisotopic (exact) mass is 332 g/mol. The van der Waals surface area contributed by atoms with Crippen molar-refractivity contribution in [2.75, 3.05) is 0 Å². The third-order valence-corrected chi connectivity index (χ3v) is 2.97. The van der Waals surface area contributed by atoms with Gasteiger partial charge in [0.1, 0.15) is 6.54 Å². The molecule has 0 saturated heterocycles. The van der Waals surface area contributed by atoms with Crippen LogP contribution < -0.4 is 0 Å². The van der Waals surface area contributed by atoms with E-state index in [2.05, 4.69) is 0 Å². The molecule has 0 spiro atoms. The van der Waals surface area contributed by atoms with Crippen LogP contribution in [0.3, 0.4) is 0 Å². The molecular formula is C14H11AgNO2. The van der Waals surface area contributed by atoms with Crippen LogP contribution in [0, 0.1) is 0 Å². The van der Waals surface area contributed by atoms with Gasteiger partial charge in [-0.1, -0.05) is 36.4 Å². The number of rotatable bonds is 2. The molecule has 0 atom stereocenters. The van der Waals surface area contributed by atoms with E-state index in [9.17, 15) is 4.79 Å². The summed E-state index contributed by atoms with van der Waals surface area (Å²) in [5.41, 5.74) is 1.94. The van der Waals surface area contributed by atoms with E-state index in [4.69, 9.17) is 5.11 Å². The molecule has 18 heavy (non-hydrogen) atoms. The van der Waals surface area contributed by atoms with Crippen molar-refractivity contribution in [2.24, 2.45) is 0 Å². The Bertz CT molecular complexity index is 665. The van der Waals surface area contributed by atoms with Gasteiger partial charge in [0.25, 0.3) is 0 Å². The molecule has 1 N–H and O–H groups in total. The molecular weight excluding hydrogens is 322 g/mol. The molecule has 1 heterocycles. The molecule has 4 heteroatoms. The van der Waals surface area contributed by atoms with Crippen molar-refractivity contribution in [3.05, 3.63) is 48.5 Å². The van der Waals surface area contributed by atoms with E-state index in [-0.39, 0.29) is 28.9 Å². The zero-order chi connectivity index (χ0) is 11.8. The minimum absolute atomic E-state index is 0. The Balaban J connectivity index is 0.00000120. The maximum absolute atomic E-state index is 10.9. The Kier molecular flexibility index (Phi) is 3.57. The molecule has 0 fully saturated rings. The van der Waals surface area contributed by atoms with Crippen LogP contribution in [-0.2, 0) is 33.7 Å². The molecule has 0 unspecified atom stereocenters. The number of carbonyl (C=O) groups is 1. The first kappa shape index (κ1) is 12.9. The normalized spacial score (nSPS) is 10.4. The quantitative estimate of drug-likeness (QED) is 0.733. The summed E-state index contributed by atoms with van der Waals surface area (Å²) in [5, 5.41) is 11.2. The Morgan fingerprint density at radius 1 is 0.944 bits per heavy atom. The fraction of sp³-hybridized carbons (Fsp3) is 0.0714. The van der Waals surface area contributed by atoms with Crippen molar-refractivity contribution in [1.29, 1.82) is 0 Å². The predicted octanol–water partition coefficient (Wildman–Crippen LogP) is 2.88. The summed E-state index contributed by atoms with van der Waals surface area (Å²) in [6, 6.07) is 15.8. The van der Waals surface area contributed by atoms with Crippen LogP contribution in [0.25, 0.3) is 21.8 Å². The second-order valence-corrected chi connectivity index (χ2v) is 4.01. The van der Waals surface area contributed by atoms with Crippen molar-refractivity contribution >= 4 is 27.8 Å². The van der Waals surface area contributed by atoms with Gasteiger partial charge in [0.05, 0.1) is 0 Å². The van der Waals surface area contributed by atoms with Gasteiger partial charge >= 0.3 is 5.97 Å². The standard InChI is InChI=1S/C14H11NO2.Ag/c16-14(17)9-15-12-7-3-1-5-10(12)11-6-2-4-8-13(11)15;/h1-8H,9H2,(H,16,17);. The fourth-order valence-electron chi connectivity index (χ4n) is 2.31. The summed E-state index contributed by atoms with van der Waals surface area (Å²) in [4.78, 5) is 10.9. The maximum Gasteiger partial charge on any atom is 0.323 e. The molecule has 0 saturated carbocycles. The summed E-state index contributed by atoms with van der Waals surface area (Å²) in [6.07, 6.45) is 0. The zero-order valence-electron chi connectivity index (χ0n) is 9.43. The van der Waals surface area contributed by atoms with E-state index < -0.39 is 5.97 Å². The number of aromatic nitrogens is 1. The van der Waals surface area contributed by atoms with Crippen molar-refractivity contribution < 1.29 is 32.3 Å². The topological polar surface area (TPSA) is 42.2 Å². The number of benzene rings is 2. The Morgan fingerprint density at radius 3 is 1.83 bits per heavy atom. The van der Waals surface area contributed by atoms with Gasteiger partial charge in [0.15, 0.2) is 0 Å². The minimum atomic E-state index is -0.823. The number of hydrogen-bond acceptors (Lipinski definition) is 1. The summed E-state index contributed by atoms with van der Waals surface area (Å²) >= 11 is 0. The van der Waals surface area contributed by atoms with Gasteiger partial charge in [-0.2, -0.15) is 0 Å². The molecule has 2 aromatic carbocycles. The molecule has 3 rings (SSSR count). The maximum atomic E-state index is 10.9. The molecule has 3 nitrogen and oxygen atoms in total. The van der Waals surface area contributed by atoms with Crippen molar-refractivity contribution in [3.8, 4) is 0 Å². The molecule has 0 aliphatic carbocycles. The zero-order valence-corrected chi connectivity index (χ0v) is 10.9. The van der Waals surface area contributed by atoms with Crippen LogP contribution in [0.2, 0.25) is 0 Å². The van der Waals surface area contributed by atoms with Gasteiger partial charge in [0.2, 0.25) is 0 Å². The van der Waals surface area contributed by atoms with Crippen LogP contribution >= 0.6 is 0 Å². The molecule has 1 radical (unpaired) electrons. The van der Waals surface area contributed by atoms with Crippen molar-refractivity contribution in [3.63, 3.8) is 0 Å². The molecule has 0 bridgehead atoms. The van der Waals surface area contributed by atoms with Crippen molar-refractivity contribution in [2.45, 2.75) is 6.54 Å². The Hall–Kier alpha value is -1.55. The van der Waals surface area contributed by atoms with E-state index in [0.29, 0.717) is 0 Å². The average Bonchev–Trinajstić information content (AvgIpc) is 2.65. The first-order valence-electron chi connectivity index (χ1n) is 5.45. The van der Waals surface area contributed by atoms with E-state index >= 15 is 0 Å². The predicted molar refractivity (Wildman–Crippen MR) is 67.1 cm³/mol. The Labute approximate surface area is 120 Å². The van der Waals surface area contributed by atoms with Crippen LogP contribution in [0.4, 0.5) is 0 Å². The number of para-hydroxylation sites is 2. The Morgan fingerprint density at radius 2 is 1.39 bits per heavy atom. The third-order valence-electron chi connectivity index (χ3n) is 2.97. The van der Waals surface area contributed by atoms with E-state index in [1.807, 2.05) is 53.1 Å². The molecule has 0 aliphatic rings. The van der Waals surface area contributed by atoms with Crippen molar-refractivity contribution in [1.82, 2.24) is 4.57 Å². The summed E-state index contributed by atoms with van der Waals surface area (Å²) in [6.45, 7) is -0.00593. The number of carboxylic acid groups (broad SMARTS) is 1. The molecule has 0 aliphatic heterocycles. The van der Waals surface area contributed by atoms with Gasteiger partial charge in [0, 0.05) is 44.2 Å². The van der Waals surface area contributed by atoms with Gasteiger partial charge < -0.3 is 9.67 Å². The minimum Gasteiger partial charge on any atom is -0.480 e. The number of fused-ring (bicyclic) bond motifs is 3. The summed E-state index contributed by atoms with van der Waals surface area (Å²) < 4.78 is 1.84. The second kappa shape index (κ2) is 4.98. The van der Waals surface area contributed by atoms with E-state index in [0.717, 1.165) is 21.8 Å². The van der Waals surface area contributed by atoms with Crippen LogP contribution in [-0.4, -0.2) is 15.6 Å². The van der Waals surface area contributed by atoms with Gasteiger partial charge in [-0.05, 0) is 12.1 Å². The molecule has 95 valence electrons. The summed E-state index contributed by atoms with van der Waals surface area (Å²) in [7, 11) is 0. The second-order valence-electron chi connectivity index (χ2n) is 4.01. The largest absolute Gasteiger partial charge is 0.480 e. The SMILES string of the molecule is O=C(O)Cn1c2ccccc2c2ccccc21.[Ag]. The summed E-state index contributed by atoms with van der Waals surface area (Å²) in [5.74, 6) is -0.823. The first-order chi connectivity index (χ1) is 8.27. The molecule has 3 aromatic rings. The smallest absolute Gasteiger partial charge is 0.323 e. The van der Waals surface area contributed by atoms with Crippen LogP contribution in [0.15, 0.2) is 48.5 Å². The van der Waals surface area contributed by atoms with Gasteiger partial charge in [-0.25, -0.2) is 0 Å². The van der Waals surface area contributed by atoms with Gasteiger partial charge in [-0.3, -0.25) is 4.79 Å². The van der Waals surface area contributed by atoms with E-state index in [1.54, 1.807) is 0 Å². The fourth-order valence-corrected chi connectivity index (χ4v) is 2.31. The number of carboxylic acids is 1. The van der Waals surface area contributed by atoms with Crippen LogP contribution in [0.1, 0.15) is 0 Å². The average molecular weight is 333 g/mol. The molecule has 0 amide bonds. The third kappa shape index (κ3) is 1.97. The first-order valence-corrected chi connectivity index (χ1v) is 5.45. The van der Waals surface area contributed by atoms with E-state index in [1.165, 1.54) is 0 Å². The number of nitrogens with zero attached hydrogens (tertiary/aromatic N) is 1. The van der Waals surface area contributed by atoms with Crippen LogP contribution in [0.5, 0.6) is 0 Å². The molecule has 1 aromatic heterocycles.